The Morgan fingerprint density at radius 1 is 0.463 bits per heavy atom. The highest BCUT2D eigenvalue weighted by Crippen LogP contribution is 2.40. The summed E-state index contributed by atoms with van der Waals surface area (Å²) in [5.74, 6) is -4.38. The molecule has 0 saturated carbocycles. The molecule has 0 fully saturated rings. The van der Waals surface area contributed by atoms with E-state index < -0.39 is 52.3 Å². The quantitative estimate of drug-likeness (QED) is 0.0260. The Kier molecular flexibility index (Phi) is 33.6. The summed E-state index contributed by atoms with van der Waals surface area (Å²) in [4.78, 5) is 148. The first-order valence-corrected chi connectivity index (χ1v) is 32.2. The fourth-order valence-electron chi connectivity index (χ4n) is 9.35. The molecule has 1 aliphatic rings. The first kappa shape index (κ1) is 79.3. The Labute approximate surface area is 555 Å². The molecule has 27 heteroatoms. The monoisotopic (exact) mass is 1340 g/mol. The Balaban J connectivity index is 1.26. The molecule has 95 heavy (non-hydrogen) atoms. The van der Waals surface area contributed by atoms with E-state index >= 15 is 0 Å². The Bertz CT molecular complexity index is 3080. The Hall–Kier alpha value is -8.17. The predicted octanol–water partition coefficient (Wildman–Crippen LogP) is 6.27. The van der Waals surface area contributed by atoms with Crippen molar-refractivity contribution < 1.29 is 104 Å². The second-order valence-corrected chi connectivity index (χ2v) is 25.0. The number of methoxy groups -OCH3 is 2. The summed E-state index contributed by atoms with van der Waals surface area (Å²) in [6.07, 6.45) is -1.19. The maximum Gasteiger partial charge on any atom is 0.336 e. The highest BCUT2D eigenvalue weighted by Gasteiger charge is 2.32. The fraction of sp³-hybridized carbons (Fsp3) is 0.632. The lowest BCUT2D eigenvalue weighted by molar-refractivity contribution is -0.153. The third-order valence-corrected chi connectivity index (χ3v) is 14.6. The number of Topliss-reactive ketones (excluding diaryl/α,β-unsaturated/α-hetero) is 1. The van der Waals surface area contributed by atoms with Gasteiger partial charge in [-0.3, -0.25) is 47.9 Å². The molecule has 27 nitrogen and oxygen atoms in total. The minimum Gasteiger partial charge on any atom is -0.493 e. The van der Waals surface area contributed by atoms with Gasteiger partial charge in [-0.05, 0) is 75.9 Å². The van der Waals surface area contributed by atoms with Crippen LogP contribution < -0.4 is 19.8 Å². The number of nitrogens with zero attached hydrogens (tertiary/aromatic N) is 4. The molecular formula is C68H98N4O23. The van der Waals surface area contributed by atoms with Crippen molar-refractivity contribution in [2.75, 3.05) is 126 Å². The molecule has 1 aromatic heterocycles. The molecule has 2 heterocycles. The van der Waals surface area contributed by atoms with Crippen LogP contribution in [-0.2, 0) is 92.3 Å². The summed E-state index contributed by atoms with van der Waals surface area (Å²) in [5, 5.41) is 0.751. The first-order chi connectivity index (χ1) is 44.9. The van der Waals surface area contributed by atoms with Crippen molar-refractivity contribution in [3.05, 3.63) is 64.0 Å². The maximum atomic E-state index is 13.8. The number of carbonyl (C=O) groups excluding carboxylic acids is 10. The molecule has 0 radical (unpaired) electrons. The number of carbonyl (C=O) groups is 10. The number of esters is 5. The van der Waals surface area contributed by atoms with E-state index in [0.29, 0.717) is 55.6 Å². The van der Waals surface area contributed by atoms with Crippen molar-refractivity contribution in [1.29, 1.82) is 0 Å². The number of amides is 4. The van der Waals surface area contributed by atoms with E-state index in [1.165, 1.54) is 35.0 Å². The molecule has 0 aliphatic carbocycles. The molecule has 3 aromatic rings. The van der Waals surface area contributed by atoms with E-state index in [0.717, 1.165) is 16.5 Å². The lowest BCUT2D eigenvalue weighted by Crippen LogP contribution is -2.40. The third-order valence-electron chi connectivity index (χ3n) is 14.6. The second-order valence-electron chi connectivity index (χ2n) is 25.0. The van der Waals surface area contributed by atoms with Gasteiger partial charge in [0.05, 0.1) is 96.9 Å². The van der Waals surface area contributed by atoms with E-state index in [1.807, 2.05) is 26.8 Å². The highest BCUT2D eigenvalue weighted by atomic mass is 16.7. The van der Waals surface area contributed by atoms with Crippen molar-refractivity contribution in [2.45, 2.75) is 151 Å². The van der Waals surface area contributed by atoms with Crippen LogP contribution in [-0.4, -0.2) is 216 Å². The lowest BCUT2D eigenvalue weighted by atomic mass is 9.88. The topological polar surface area (TPSA) is 315 Å². The molecule has 2 aromatic carbocycles. The van der Waals surface area contributed by atoms with Crippen molar-refractivity contribution in [2.24, 2.45) is 5.41 Å². The van der Waals surface area contributed by atoms with Gasteiger partial charge in [0.1, 0.15) is 50.2 Å². The average molecular weight is 1340 g/mol. The molecule has 0 N–H and O–H groups in total. The van der Waals surface area contributed by atoms with E-state index in [2.05, 4.69) is 0 Å². The van der Waals surface area contributed by atoms with Crippen LogP contribution in [0.3, 0.4) is 0 Å². The van der Waals surface area contributed by atoms with E-state index in [-0.39, 0.29) is 186 Å². The number of aryl methyl sites for hydroxylation is 2. The summed E-state index contributed by atoms with van der Waals surface area (Å²) in [5.41, 5.74) is 0.285. The van der Waals surface area contributed by atoms with Crippen LogP contribution in [0.2, 0.25) is 0 Å². The molecular weight excluding hydrogens is 1240 g/mol. The standard InChI is InChI=1S/C68H98N4O23/c1-48-45-65(83)93-53-47-50(16-17-51(48)53)86-36-12-13-56(74)70(30-39-87-60(78)23-19-55(73)66(2,3)4)31-40-88-61(79)24-25-62(80)89-41-32-71(57(75)20-15-49-14-18-52-54(46-49)95-68(8,9)94-52)33-42-90-63(81)26-27-64(82)91-43-34-72(35-44-92-67(5,6)7)59(77)22-21-58(76)69(28-37-84-10)29-38-85-11/h14,16-18,45-47H,12-13,15,19-44H2,1-11H3. The van der Waals surface area contributed by atoms with Crippen LogP contribution in [0.1, 0.15) is 137 Å². The van der Waals surface area contributed by atoms with E-state index in [1.54, 1.807) is 76.8 Å². The van der Waals surface area contributed by atoms with Gasteiger partial charge in [-0.25, -0.2) is 4.79 Å². The number of ether oxygens (including phenoxy) is 11. The zero-order chi connectivity index (χ0) is 70.1. The van der Waals surface area contributed by atoms with Crippen LogP contribution in [0.15, 0.2) is 51.7 Å². The van der Waals surface area contributed by atoms with E-state index in [4.69, 9.17) is 56.5 Å². The number of fused-ring (bicyclic) bond motifs is 2. The second kappa shape index (κ2) is 40.3. The molecule has 0 spiro atoms. The largest absolute Gasteiger partial charge is 0.493 e. The van der Waals surface area contributed by atoms with Crippen LogP contribution in [0.25, 0.3) is 11.0 Å². The van der Waals surface area contributed by atoms with E-state index in [9.17, 15) is 52.7 Å². The zero-order valence-electron chi connectivity index (χ0n) is 57.2. The Morgan fingerprint density at radius 3 is 1.34 bits per heavy atom. The van der Waals surface area contributed by atoms with Crippen molar-refractivity contribution in [3.63, 3.8) is 0 Å². The predicted molar refractivity (Wildman–Crippen MR) is 344 cm³/mol. The molecule has 528 valence electrons. The van der Waals surface area contributed by atoms with Crippen LogP contribution in [0.4, 0.5) is 0 Å². The number of rotatable bonds is 44. The average Bonchev–Trinajstić information content (AvgIpc) is 1.78. The number of benzene rings is 2. The number of hydrogen-bond donors (Lipinski definition) is 0. The summed E-state index contributed by atoms with van der Waals surface area (Å²) in [6.45, 7) is 16.4. The van der Waals surface area contributed by atoms with Crippen LogP contribution in [0, 0.1) is 12.3 Å². The normalized spacial score (nSPS) is 12.3. The minimum absolute atomic E-state index is 0.00413. The van der Waals surface area contributed by atoms with Crippen molar-refractivity contribution >= 4 is 70.2 Å². The van der Waals surface area contributed by atoms with Gasteiger partial charge in [0.25, 0.3) is 0 Å². The van der Waals surface area contributed by atoms with Crippen LogP contribution >= 0.6 is 0 Å². The third kappa shape index (κ3) is 31.3. The lowest BCUT2D eigenvalue weighted by Gasteiger charge is -2.26. The van der Waals surface area contributed by atoms with Crippen molar-refractivity contribution in [3.8, 4) is 17.2 Å². The van der Waals surface area contributed by atoms with Crippen molar-refractivity contribution in [1.82, 2.24) is 19.6 Å². The molecule has 1 aliphatic heterocycles. The number of ketones is 1. The van der Waals surface area contributed by atoms with Gasteiger partial charge in [0.15, 0.2) is 11.5 Å². The highest BCUT2D eigenvalue weighted by molar-refractivity contribution is 5.87. The van der Waals surface area contributed by atoms with Gasteiger partial charge in [0, 0.05) is 103 Å². The molecule has 0 unspecified atom stereocenters. The minimum atomic E-state index is -0.859. The maximum absolute atomic E-state index is 13.8. The van der Waals surface area contributed by atoms with Gasteiger partial charge in [-0.1, -0.05) is 26.8 Å². The SMILES string of the molecule is COCCN(CCOC)C(=O)CCC(=O)N(CCOC(=O)CCC(=O)OCCN(CCOC(=O)CCC(=O)OCCN(CCOC(=O)CCC(=O)C(C)(C)C)C(=O)CCCOc1ccc2c(C)cc(=O)oc2c1)C(=O)CCc1ccc2c(c1)OC(C)(C)O2)CCOC(C)(C)C. The van der Waals surface area contributed by atoms with Gasteiger partial charge < -0.3 is 76.1 Å². The summed E-state index contributed by atoms with van der Waals surface area (Å²) in [7, 11) is 3.06. The smallest absolute Gasteiger partial charge is 0.336 e. The molecule has 0 saturated heterocycles. The fourth-order valence-corrected chi connectivity index (χ4v) is 9.35. The van der Waals surface area contributed by atoms with Gasteiger partial charge >= 0.3 is 35.5 Å². The molecule has 0 atom stereocenters. The number of hydrogen-bond acceptors (Lipinski definition) is 23. The molecule has 4 amide bonds. The van der Waals surface area contributed by atoms with Gasteiger partial charge in [0.2, 0.25) is 29.4 Å². The zero-order valence-corrected chi connectivity index (χ0v) is 57.2. The summed E-state index contributed by atoms with van der Waals surface area (Å²) >= 11 is 0. The Morgan fingerprint density at radius 2 is 0.884 bits per heavy atom. The summed E-state index contributed by atoms with van der Waals surface area (Å²) in [6, 6.07) is 11.8. The first-order valence-electron chi connectivity index (χ1n) is 32.2. The molecule has 4 rings (SSSR count). The molecule has 0 bridgehead atoms. The van der Waals surface area contributed by atoms with Gasteiger partial charge in [-0.15, -0.1) is 0 Å². The van der Waals surface area contributed by atoms with Crippen LogP contribution in [0.5, 0.6) is 17.2 Å². The van der Waals surface area contributed by atoms with Gasteiger partial charge in [-0.2, -0.15) is 0 Å². The summed E-state index contributed by atoms with van der Waals surface area (Å²) < 4.78 is 65.8.